The Kier molecular flexibility index (Phi) is 2.94. The van der Waals surface area contributed by atoms with Crippen molar-refractivity contribution in [2.24, 2.45) is 0 Å². The van der Waals surface area contributed by atoms with Gasteiger partial charge in [0.2, 0.25) is 11.7 Å². The first-order valence-electron chi connectivity index (χ1n) is 6.00. The van der Waals surface area contributed by atoms with Crippen LogP contribution >= 0.6 is 0 Å². The van der Waals surface area contributed by atoms with Gasteiger partial charge in [0.1, 0.15) is 5.76 Å². The number of aryl methyl sites for hydroxylation is 1. The zero-order chi connectivity index (χ0) is 15.0. The van der Waals surface area contributed by atoms with Crippen LogP contribution in [0.5, 0.6) is 11.6 Å². The van der Waals surface area contributed by atoms with E-state index in [4.69, 9.17) is 4.42 Å². The summed E-state index contributed by atoms with van der Waals surface area (Å²) in [7, 11) is 0. The van der Waals surface area contributed by atoms with E-state index in [9.17, 15) is 15.0 Å². The molecule has 0 aliphatic heterocycles. The molecule has 3 N–H and O–H groups in total. The second-order valence-electron chi connectivity index (χ2n) is 4.41. The molecule has 0 amide bonds. The van der Waals surface area contributed by atoms with Crippen LogP contribution in [0, 0.1) is 6.92 Å². The van der Waals surface area contributed by atoms with Crippen LogP contribution in [0.1, 0.15) is 27.7 Å². The van der Waals surface area contributed by atoms with E-state index in [0.717, 1.165) is 0 Å². The largest absolute Gasteiger partial charge is 0.503 e. The molecule has 0 aliphatic rings. The zero-order valence-electron chi connectivity index (χ0n) is 10.9. The van der Waals surface area contributed by atoms with Gasteiger partial charge in [-0.05, 0) is 19.1 Å². The van der Waals surface area contributed by atoms with E-state index >= 15 is 0 Å². The number of tetrazole rings is 1. The number of hydrogen-bond donors (Lipinski definition) is 3. The lowest BCUT2D eigenvalue weighted by Crippen LogP contribution is -2.01. The van der Waals surface area contributed by atoms with Crippen LogP contribution in [0.4, 0.5) is 0 Å². The fraction of sp³-hybridized carbons (Fsp3) is 0.167. The Bertz CT molecular complexity index is 787. The minimum atomic E-state index is -0.525. The third kappa shape index (κ3) is 2.24. The molecule has 0 fully saturated rings. The summed E-state index contributed by atoms with van der Waals surface area (Å²) in [6, 6.07) is 3.14. The highest BCUT2D eigenvalue weighted by Crippen LogP contribution is 2.33. The Hall–Kier alpha value is -3.10. The molecule has 3 heterocycles. The topological polar surface area (TPSA) is 130 Å². The van der Waals surface area contributed by atoms with Crippen molar-refractivity contribution in [2.75, 3.05) is 0 Å². The molecular weight excluding hydrogens is 278 g/mol. The molecule has 3 rings (SSSR count). The molecule has 0 aliphatic carbocycles. The van der Waals surface area contributed by atoms with Gasteiger partial charge in [0.15, 0.2) is 17.3 Å². The predicted octanol–water partition coefficient (Wildman–Crippen LogP) is 0.593. The summed E-state index contributed by atoms with van der Waals surface area (Å²) in [5.41, 5.74) is -0.0645. The van der Waals surface area contributed by atoms with Gasteiger partial charge < -0.3 is 19.2 Å². The highest BCUT2D eigenvalue weighted by Gasteiger charge is 2.23. The average Bonchev–Trinajstić information content (AvgIpc) is 3.17. The van der Waals surface area contributed by atoms with E-state index < -0.39 is 17.4 Å². The number of carbonyl (C=O) groups excluding carboxylic acids is 1. The minimum absolute atomic E-state index is 0.0559. The van der Waals surface area contributed by atoms with Crippen molar-refractivity contribution in [1.29, 1.82) is 0 Å². The standard InChI is InChI=1S/C12H11N5O4/c1-6-2-3-8(21-6)10(18)7-4-17(12(20)11(7)19)5-9-13-15-16-14-9/h2-4,19-20H,5H2,1H3,(H,13,14,15,16). The molecule has 9 nitrogen and oxygen atoms in total. The predicted molar refractivity (Wildman–Crippen MR) is 67.9 cm³/mol. The second kappa shape index (κ2) is 4.78. The molecule has 0 aromatic carbocycles. The molecule has 0 radical (unpaired) electrons. The number of aromatic amines is 1. The number of nitrogens with zero attached hydrogens (tertiary/aromatic N) is 4. The number of carbonyl (C=O) groups is 1. The van der Waals surface area contributed by atoms with Crippen molar-refractivity contribution in [3.63, 3.8) is 0 Å². The third-order valence-corrected chi connectivity index (χ3v) is 2.93. The Morgan fingerprint density at radius 3 is 2.86 bits per heavy atom. The first-order valence-corrected chi connectivity index (χ1v) is 6.00. The molecule has 3 aromatic rings. The number of furan rings is 1. The summed E-state index contributed by atoms with van der Waals surface area (Å²) in [6.45, 7) is 1.76. The molecule has 0 bridgehead atoms. The number of rotatable bonds is 4. The smallest absolute Gasteiger partial charge is 0.235 e. The van der Waals surface area contributed by atoms with Crippen molar-refractivity contribution in [3.05, 3.63) is 41.2 Å². The van der Waals surface area contributed by atoms with E-state index in [1.807, 2.05) is 0 Å². The van der Waals surface area contributed by atoms with Crippen LogP contribution in [-0.4, -0.2) is 41.2 Å². The van der Waals surface area contributed by atoms with Crippen LogP contribution < -0.4 is 0 Å². The van der Waals surface area contributed by atoms with Gasteiger partial charge in [0.25, 0.3) is 0 Å². The third-order valence-electron chi connectivity index (χ3n) is 2.93. The maximum absolute atomic E-state index is 12.2. The lowest BCUT2D eigenvalue weighted by atomic mass is 10.1. The van der Waals surface area contributed by atoms with Crippen molar-refractivity contribution >= 4 is 5.78 Å². The summed E-state index contributed by atoms with van der Waals surface area (Å²) in [5.74, 6) is -0.535. The van der Waals surface area contributed by atoms with E-state index in [-0.39, 0.29) is 17.9 Å². The average molecular weight is 289 g/mol. The highest BCUT2D eigenvalue weighted by molar-refractivity contribution is 6.09. The van der Waals surface area contributed by atoms with Gasteiger partial charge >= 0.3 is 0 Å². The number of hydrogen-bond acceptors (Lipinski definition) is 7. The van der Waals surface area contributed by atoms with Gasteiger partial charge in [-0.1, -0.05) is 5.21 Å². The van der Waals surface area contributed by atoms with Crippen LogP contribution in [0.25, 0.3) is 0 Å². The Morgan fingerprint density at radius 1 is 1.43 bits per heavy atom. The fourth-order valence-electron chi connectivity index (χ4n) is 1.91. The van der Waals surface area contributed by atoms with Gasteiger partial charge in [-0.15, -0.1) is 10.2 Å². The van der Waals surface area contributed by atoms with Crippen LogP contribution in [0.2, 0.25) is 0 Å². The molecule has 0 saturated heterocycles. The molecule has 9 heteroatoms. The molecule has 108 valence electrons. The van der Waals surface area contributed by atoms with E-state index in [2.05, 4.69) is 20.6 Å². The maximum atomic E-state index is 12.2. The Morgan fingerprint density at radius 2 is 2.24 bits per heavy atom. The summed E-state index contributed by atoms with van der Waals surface area (Å²) in [6.07, 6.45) is 1.31. The van der Waals surface area contributed by atoms with Crippen molar-refractivity contribution in [1.82, 2.24) is 25.2 Å². The number of H-pyrrole nitrogens is 1. The van der Waals surface area contributed by atoms with E-state index in [1.54, 1.807) is 13.0 Å². The first kappa shape index (κ1) is 12.9. The summed E-state index contributed by atoms with van der Waals surface area (Å²) in [5, 5.41) is 32.9. The molecule has 21 heavy (non-hydrogen) atoms. The lowest BCUT2D eigenvalue weighted by Gasteiger charge is -1.99. The van der Waals surface area contributed by atoms with E-state index in [1.165, 1.54) is 16.8 Å². The highest BCUT2D eigenvalue weighted by atomic mass is 16.3. The zero-order valence-corrected chi connectivity index (χ0v) is 10.9. The quantitative estimate of drug-likeness (QED) is 0.599. The summed E-state index contributed by atoms with van der Waals surface area (Å²) >= 11 is 0. The Balaban J connectivity index is 1.95. The molecule has 0 spiro atoms. The van der Waals surface area contributed by atoms with Gasteiger partial charge in [-0.2, -0.15) is 5.21 Å². The van der Waals surface area contributed by atoms with Gasteiger partial charge in [-0.25, -0.2) is 0 Å². The van der Waals surface area contributed by atoms with Crippen LogP contribution in [0.15, 0.2) is 22.7 Å². The molecule has 3 aromatic heterocycles. The lowest BCUT2D eigenvalue weighted by molar-refractivity contribution is 0.100. The summed E-state index contributed by atoms with van der Waals surface area (Å²) in [4.78, 5) is 12.2. The molecule has 0 saturated carbocycles. The van der Waals surface area contributed by atoms with Gasteiger partial charge in [0.05, 0.1) is 12.1 Å². The second-order valence-corrected chi connectivity index (χ2v) is 4.41. The first-order chi connectivity index (χ1) is 10.1. The van der Waals surface area contributed by atoms with Crippen molar-refractivity contribution < 1.29 is 19.4 Å². The van der Waals surface area contributed by atoms with Crippen molar-refractivity contribution in [2.45, 2.75) is 13.5 Å². The number of aromatic hydroxyl groups is 2. The van der Waals surface area contributed by atoms with Gasteiger partial charge in [-0.3, -0.25) is 4.79 Å². The normalized spacial score (nSPS) is 10.9. The maximum Gasteiger partial charge on any atom is 0.235 e. The molecule has 0 atom stereocenters. The summed E-state index contributed by atoms with van der Waals surface area (Å²) < 4.78 is 6.46. The van der Waals surface area contributed by atoms with E-state index in [0.29, 0.717) is 11.6 Å². The molecule has 0 unspecified atom stereocenters. The molecular formula is C12H11N5O4. The van der Waals surface area contributed by atoms with Crippen molar-refractivity contribution in [3.8, 4) is 11.6 Å². The fourth-order valence-corrected chi connectivity index (χ4v) is 1.91. The number of nitrogens with one attached hydrogen (secondary N) is 1. The SMILES string of the molecule is Cc1ccc(C(=O)c2cn(Cc3nn[nH]n3)c(O)c2O)o1. The number of ketones is 1. The number of aromatic nitrogens is 5. The van der Waals surface area contributed by atoms with Gasteiger partial charge in [0, 0.05) is 6.20 Å². The van der Waals surface area contributed by atoms with Crippen LogP contribution in [-0.2, 0) is 6.54 Å². The Labute approximate surface area is 117 Å². The minimum Gasteiger partial charge on any atom is -0.503 e. The monoisotopic (exact) mass is 289 g/mol. The van der Waals surface area contributed by atoms with Crippen LogP contribution in [0.3, 0.4) is 0 Å².